The van der Waals surface area contributed by atoms with Gasteiger partial charge in [-0.05, 0) is 36.4 Å². The average Bonchev–Trinajstić information content (AvgIpc) is 2.39. The van der Waals surface area contributed by atoms with Crippen molar-refractivity contribution in [2.75, 3.05) is 12.4 Å². The minimum Gasteiger partial charge on any atom is -0.493 e. The second-order valence-electron chi connectivity index (χ2n) is 3.73. The lowest BCUT2D eigenvalue weighted by Gasteiger charge is -2.06. The van der Waals surface area contributed by atoms with Crippen LogP contribution >= 0.6 is 27.7 Å². The van der Waals surface area contributed by atoms with Crippen LogP contribution in [0.2, 0.25) is 0 Å². The van der Waals surface area contributed by atoms with E-state index in [4.69, 9.17) is 4.74 Å². The standard InChI is InChI=1S/C14H11BrF2OS/c15-10-2-1-3-11(8-10)18-6-7-19-12-4-5-13(16)14(17)9-12/h1-5,8-9H,6-7H2. The number of halogens is 3. The number of hydrogen-bond donors (Lipinski definition) is 0. The first-order chi connectivity index (χ1) is 9.15. The first-order valence-corrected chi connectivity index (χ1v) is 7.39. The monoisotopic (exact) mass is 344 g/mol. The predicted octanol–water partition coefficient (Wildman–Crippen LogP) is 4.90. The fraction of sp³-hybridized carbons (Fsp3) is 0.143. The van der Waals surface area contributed by atoms with Crippen molar-refractivity contribution in [2.45, 2.75) is 4.90 Å². The van der Waals surface area contributed by atoms with Gasteiger partial charge in [-0.25, -0.2) is 8.78 Å². The van der Waals surface area contributed by atoms with Crippen LogP contribution in [-0.2, 0) is 0 Å². The molecule has 19 heavy (non-hydrogen) atoms. The highest BCUT2D eigenvalue weighted by atomic mass is 79.9. The van der Waals surface area contributed by atoms with Gasteiger partial charge in [0.1, 0.15) is 5.75 Å². The van der Waals surface area contributed by atoms with Crippen molar-refractivity contribution < 1.29 is 13.5 Å². The van der Waals surface area contributed by atoms with Crippen molar-refractivity contribution >= 4 is 27.7 Å². The summed E-state index contributed by atoms with van der Waals surface area (Å²) < 4.78 is 32.2. The Morgan fingerprint density at radius 1 is 1.05 bits per heavy atom. The molecule has 0 aliphatic heterocycles. The van der Waals surface area contributed by atoms with Crippen LogP contribution in [-0.4, -0.2) is 12.4 Å². The second kappa shape index (κ2) is 6.91. The van der Waals surface area contributed by atoms with E-state index in [-0.39, 0.29) is 0 Å². The van der Waals surface area contributed by atoms with Gasteiger partial charge in [-0.2, -0.15) is 0 Å². The molecule has 0 N–H and O–H groups in total. The van der Waals surface area contributed by atoms with E-state index < -0.39 is 11.6 Å². The van der Waals surface area contributed by atoms with Gasteiger partial charge >= 0.3 is 0 Å². The van der Waals surface area contributed by atoms with Gasteiger partial charge in [0.25, 0.3) is 0 Å². The normalized spacial score (nSPS) is 10.5. The third kappa shape index (κ3) is 4.51. The summed E-state index contributed by atoms with van der Waals surface area (Å²) in [5.74, 6) is -0.203. The molecular formula is C14H11BrF2OS. The third-order valence-corrected chi connectivity index (χ3v) is 3.76. The van der Waals surface area contributed by atoms with Crippen LogP contribution < -0.4 is 4.74 Å². The topological polar surface area (TPSA) is 9.23 Å². The van der Waals surface area contributed by atoms with Crippen LogP contribution in [0.4, 0.5) is 8.78 Å². The summed E-state index contributed by atoms with van der Waals surface area (Å²) in [4.78, 5) is 0.691. The molecule has 0 saturated carbocycles. The molecule has 100 valence electrons. The van der Waals surface area contributed by atoms with E-state index in [1.165, 1.54) is 17.8 Å². The molecule has 0 amide bonds. The fourth-order valence-corrected chi connectivity index (χ4v) is 2.57. The van der Waals surface area contributed by atoms with Crippen molar-refractivity contribution in [1.82, 2.24) is 0 Å². The third-order valence-electron chi connectivity index (χ3n) is 2.31. The second-order valence-corrected chi connectivity index (χ2v) is 5.81. The molecule has 2 rings (SSSR count). The maximum absolute atomic E-state index is 13.0. The Labute approximate surface area is 123 Å². The maximum atomic E-state index is 13.0. The van der Waals surface area contributed by atoms with Crippen LogP contribution in [0.25, 0.3) is 0 Å². The van der Waals surface area contributed by atoms with Crippen molar-refractivity contribution in [3.63, 3.8) is 0 Å². The van der Waals surface area contributed by atoms with Crippen LogP contribution in [0.3, 0.4) is 0 Å². The Hall–Kier alpha value is -1.07. The van der Waals surface area contributed by atoms with Crippen molar-refractivity contribution in [1.29, 1.82) is 0 Å². The molecule has 1 nitrogen and oxygen atoms in total. The summed E-state index contributed by atoms with van der Waals surface area (Å²) in [7, 11) is 0. The Morgan fingerprint density at radius 3 is 2.63 bits per heavy atom. The summed E-state index contributed by atoms with van der Waals surface area (Å²) in [6.45, 7) is 0.500. The van der Waals surface area contributed by atoms with E-state index in [1.807, 2.05) is 24.3 Å². The van der Waals surface area contributed by atoms with Gasteiger partial charge in [0.2, 0.25) is 0 Å². The zero-order valence-corrected chi connectivity index (χ0v) is 12.3. The fourth-order valence-electron chi connectivity index (χ4n) is 1.44. The highest BCUT2D eigenvalue weighted by Gasteiger charge is 2.03. The largest absolute Gasteiger partial charge is 0.493 e. The molecule has 0 saturated heterocycles. The Bertz CT molecular complexity index is 563. The summed E-state index contributed by atoms with van der Waals surface area (Å²) in [5.41, 5.74) is 0. The molecule has 2 aromatic rings. The highest BCUT2D eigenvalue weighted by Crippen LogP contribution is 2.21. The molecule has 0 aliphatic rings. The molecule has 2 aromatic carbocycles. The lowest BCUT2D eigenvalue weighted by Crippen LogP contribution is -2.00. The lowest BCUT2D eigenvalue weighted by atomic mass is 10.3. The minimum atomic E-state index is -0.824. The molecule has 5 heteroatoms. The van der Waals surface area contributed by atoms with E-state index in [0.717, 1.165) is 16.3 Å². The van der Waals surface area contributed by atoms with Gasteiger partial charge in [0, 0.05) is 15.1 Å². The zero-order valence-electron chi connectivity index (χ0n) is 9.91. The smallest absolute Gasteiger partial charge is 0.159 e. The van der Waals surface area contributed by atoms with Crippen molar-refractivity contribution in [3.8, 4) is 5.75 Å². The molecule has 0 heterocycles. The quantitative estimate of drug-likeness (QED) is 0.563. The van der Waals surface area contributed by atoms with Gasteiger partial charge in [0.15, 0.2) is 11.6 Å². The first-order valence-electron chi connectivity index (χ1n) is 5.61. The zero-order chi connectivity index (χ0) is 13.7. The number of ether oxygens (including phenoxy) is 1. The van der Waals surface area contributed by atoms with E-state index in [0.29, 0.717) is 17.3 Å². The van der Waals surface area contributed by atoms with Gasteiger partial charge in [-0.1, -0.05) is 22.0 Å². The number of benzene rings is 2. The van der Waals surface area contributed by atoms with Gasteiger partial charge in [0.05, 0.1) is 6.61 Å². The first kappa shape index (κ1) is 14.3. The van der Waals surface area contributed by atoms with Crippen molar-refractivity contribution in [3.05, 3.63) is 58.6 Å². The van der Waals surface area contributed by atoms with Crippen LogP contribution in [0, 0.1) is 11.6 Å². The molecule has 0 fully saturated rings. The predicted molar refractivity (Wildman–Crippen MR) is 76.7 cm³/mol. The lowest BCUT2D eigenvalue weighted by molar-refractivity contribution is 0.344. The highest BCUT2D eigenvalue weighted by molar-refractivity contribution is 9.10. The number of thioether (sulfide) groups is 1. The molecule has 0 bridgehead atoms. The van der Waals surface area contributed by atoms with Crippen LogP contribution in [0.5, 0.6) is 5.75 Å². The Balaban J connectivity index is 1.79. The molecule has 0 atom stereocenters. The molecular weight excluding hydrogens is 334 g/mol. The van der Waals surface area contributed by atoms with Gasteiger partial charge in [-0.15, -0.1) is 11.8 Å². The molecule has 0 aromatic heterocycles. The van der Waals surface area contributed by atoms with Crippen molar-refractivity contribution in [2.24, 2.45) is 0 Å². The van der Waals surface area contributed by atoms with Crippen LogP contribution in [0.15, 0.2) is 51.8 Å². The van der Waals surface area contributed by atoms with E-state index >= 15 is 0 Å². The summed E-state index contributed by atoms with van der Waals surface area (Å²) >= 11 is 4.78. The van der Waals surface area contributed by atoms with E-state index in [2.05, 4.69) is 15.9 Å². The average molecular weight is 345 g/mol. The summed E-state index contributed by atoms with van der Waals surface area (Å²) in [6.07, 6.45) is 0. The number of rotatable bonds is 5. The van der Waals surface area contributed by atoms with Gasteiger partial charge < -0.3 is 4.74 Å². The summed E-state index contributed by atoms with van der Waals surface area (Å²) in [5, 5.41) is 0. The molecule has 0 spiro atoms. The molecule has 0 aliphatic carbocycles. The van der Waals surface area contributed by atoms with E-state index in [1.54, 1.807) is 6.07 Å². The summed E-state index contributed by atoms with van der Waals surface area (Å²) in [6, 6.07) is 11.4. The van der Waals surface area contributed by atoms with Gasteiger partial charge in [-0.3, -0.25) is 0 Å². The molecule has 0 radical (unpaired) electrons. The minimum absolute atomic E-state index is 0.500. The SMILES string of the molecule is Fc1ccc(SCCOc2cccc(Br)c2)cc1F. The van der Waals surface area contributed by atoms with E-state index in [9.17, 15) is 8.78 Å². The Morgan fingerprint density at radius 2 is 1.89 bits per heavy atom. The Kier molecular flexibility index (Phi) is 5.22. The van der Waals surface area contributed by atoms with Crippen LogP contribution in [0.1, 0.15) is 0 Å². The molecule has 0 unspecified atom stereocenters. The maximum Gasteiger partial charge on any atom is 0.159 e. The number of hydrogen-bond acceptors (Lipinski definition) is 2.